The van der Waals surface area contributed by atoms with Crippen LogP contribution >= 0.6 is 11.6 Å². The zero-order valence-electron chi connectivity index (χ0n) is 10.8. The van der Waals surface area contributed by atoms with E-state index in [0.717, 1.165) is 0 Å². The lowest BCUT2D eigenvalue weighted by Crippen LogP contribution is -2.30. The highest BCUT2D eigenvalue weighted by atomic mass is 35.5. The summed E-state index contributed by atoms with van der Waals surface area (Å²) in [4.78, 5) is 15.6. The maximum absolute atomic E-state index is 11.5. The van der Waals surface area contributed by atoms with Gasteiger partial charge >= 0.3 is 5.97 Å². The SMILES string of the molecule is CCOC(=O)C(O)C(O)c1ccnc2cc(Cl)ccc12. The molecule has 6 heteroatoms. The highest BCUT2D eigenvalue weighted by Gasteiger charge is 2.28. The molecule has 2 rings (SSSR count). The predicted octanol–water partition coefficient (Wildman–Crippen LogP) is 1.85. The third-order valence-corrected chi connectivity index (χ3v) is 3.12. The molecule has 0 aliphatic rings. The average molecular weight is 296 g/mol. The van der Waals surface area contributed by atoms with Crippen molar-refractivity contribution in [2.75, 3.05) is 6.61 Å². The largest absolute Gasteiger partial charge is 0.464 e. The molecule has 1 aromatic carbocycles. The third-order valence-electron chi connectivity index (χ3n) is 2.88. The van der Waals surface area contributed by atoms with Gasteiger partial charge in [-0.3, -0.25) is 4.98 Å². The van der Waals surface area contributed by atoms with Crippen LogP contribution < -0.4 is 0 Å². The van der Waals surface area contributed by atoms with Gasteiger partial charge in [0.1, 0.15) is 6.10 Å². The van der Waals surface area contributed by atoms with Crippen LogP contribution in [-0.2, 0) is 9.53 Å². The number of esters is 1. The summed E-state index contributed by atoms with van der Waals surface area (Å²) in [5.74, 6) is -0.862. The van der Waals surface area contributed by atoms with Crippen LogP contribution in [0.15, 0.2) is 30.5 Å². The van der Waals surface area contributed by atoms with Gasteiger partial charge in [0.2, 0.25) is 0 Å². The van der Waals surface area contributed by atoms with E-state index >= 15 is 0 Å². The summed E-state index contributed by atoms with van der Waals surface area (Å²) < 4.78 is 4.69. The van der Waals surface area contributed by atoms with Gasteiger partial charge in [-0.1, -0.05) is 17.7 Å². The molecule has 2 N–H and O–H groups in total. The zero-order chi connectivity index (χ0) is 14.7. The molecule has 20 heavy (non-hydrogen) atoms. The second-order valence-corrected chi connectivity index (χ2v) is 4.64. The molecule has 0 radical (unpaired) electrons. The standard InChI is InChI=1S/C14H14ClNO4/c1-2-20-14(19)13(18)12(17)10-5-6-16-11-7-8(15)3-4-9(10)11/h3-7,12-13,17-18H,2H2,1H3. The van der Waals surface area contributed by atoms with E-state index in [-0.39, 0.29) is 6.61 Å². The summed E-state index contributed by atoms with van der Waals surface area (Å²) in [5, 5.41) is 21.1. The molecule has 2 aromatic rings. The molecule has 0 bridgehead atoms. The van der Waals surface area contributed by atoms with E-state index in [2.05, 4.69) is 4.98 Å². The molecule has 0 spiro atoms. The summed E-state index contributed by atoms with van der Waals surface area (Å²) in [5.41, 5.74) is 0.970. The quantitative estimate of drug-likeness (QED) is 0.842. The average Bonchev–Trinajstić information content (AvgIpc) is 2.45. The summed E-state index contributed by atoms with van der Waals surface area (Å²) >= 11 is 5.88. The monoisotopic (exact) mass is 295 g/mol. The lowest BCUT2D eigenvalue weighted by molar-refractivity contribution is -0.159. The predicted molar refractivity (Wildman–Crippen MR) is 74.4 cm³/mol. The van der Waals surface area contributed by atoms with Crippen molar-refractivity contribution in [3.8, 4) is 0 Å². The van der Waals surface area contributed by atoms with Crippen molar-refractivity contribution >= 4 is 28.5 Å². The van der Waals surface area contributed by atoms with Crippen LogP contribution in [-0.4, -0.2) is 33.9 Å². The van der Waals surface area contributed by atoms with Gasteiger partial charge < -0.3 is 14.9 Å². The molecule has 0 aliphatic heterocycles. The van der Waals surface area contributed by atoms with Crippen molar-refractivity contribution in [2.24, 2.45) is 0 Å². The molecule has 0 amide bonds. The lowest BCUT2D eigenvalue weighted by Gasteiger charge is -2.18. The summed E-state index contributed by atoms with van der Waals surface area (Å²) in [6, 6.07) is 6.52. The molecule has 1 heterocycles. The van der Waals surface area contributed by atoms with E-state index in [1.165, 1.54) is 6.20 Å². The number of benzene rings is 1. The third kappa shape index (κ3) is 2.90. The minimum Gasteiger partial charge on any atom is -0.464 e. The van der Waals surface area contributed by atoms with Crippen LogP contribution in [0.5, 0.6) is 0 Å². The first kappa shape index (κ1) is 14.7. The number of rotatable bonds is 4. The van der Waals surface area contributed by atoms with Crippen molar-refractivity contribution in [1.82, 2.24) is 4.98 Å². The highest BCUT2D eigenvalue weighted by molar-refractivity contribution is 6.31. The molecule has 5 nitrogen and oxygen atoms in total. The number of aliphatic hydroxyl groups excluding tert-OH is 2. The Morgan fingerprint density at radius 2 is 2.15 bits per heavy atom. The van der Waals surface area contributed by atoms with Crippen LogP contribution in [0, 0.1) is 0 Å². The minimum absolute atomic E-state index is 0.134. The van der Waals surface area contributed by atoms with E-state index < -0.39 is 18.2 Å². The number of hydrogen-bond donors (Lipinski definition) is 2. The van der Waals surface area contributed by atoms with Crippen LogP contribution in [0.3, 0.4) is 0 Å². The molecule has 106 valence electrons. The Kier molecular flexibility index (Phi) is 4.54. The summed E-state index contributed by atoms with van der Waals surface area (Å²) in [6.45, 7) is 1.76. The van der Waals surface area contributed by atoms with Crippen LogP contribution in [0.4, 0.5) is 0 Å². The molecule has 2 unspecified atom stereocenters. The van der Waals surface area contributed by atoms with E-state index in [1.54, 1.807) is 31.2 Å². The van der Waals surface area contributed by atoms with Gasteiger partial charge in [0.25, 0.3) is 0 Å². The number of ether oxygens (including phenoxy) is 1. The number of halogens is 1. The first-order valence-corrected chi connectivity index (χ1v) is 6.49. The van der Waals surface area contributed by atoms with Crippen LogP contribution in [0.2, 0.25) is 5.02 Å². The molecule has 1 aromatic heterocycles. The number of carbonyl (C=O) groups excluding carboxylic acids is 1. The first-order chi connectivity index (χ1) is 9.54. The van der Waals surface area contributed by atoms with Crippen molar-refractivity contribution in [3.63, 3.8) is 0 Å². The maximum Gasteiger partial charge on any atom is 0.338 e. The number of hydrogen-bond acceptors (Lipinski definition) is 5. The molecular formula is C14H14ClNO4. The fraction of sp³-hybridized carbons (Fsp3) is 0.286. The highest BCUT2D eigenvalue weighted by Crippen LogP contribution is 2.27. The Bertz CT molecular complexity index is 632. The van der Waals surface area contributed by atoms with Crippen molar-refractivity contribution in [1.29, 1.82) is 0 Å². The van der Waals surface area contributed by atoms with E-state index in [1.807, 2.05) is 0 Å². The van der Waals surface area contributed by atoms with E-state index in [4.69, 9.17) is 16.3 Å². The van der Waals surface area contributed by atoms with Crippen molar-refractivity contribution in [3.05, 3.63) is 41.0 Å². The fourth-order valence-corrected chi connectivity index (χ4v) is 2.09. The second-order valence-electron chi connectivity index (χ2n) is 4.20. The Morgan fingerprint density at radius 3 is 2.85 bits per heavy atom. The topological polar surface area (TPSA) is 79.7 Å². The van der Waals surface area contributed by atoms with Gasteiger partial charge in [0.05, 0.1) is 12.1 Å². The Morgan fingerprint density at radius 1 is 1.40 bits per heavy atom. The number of aliphatic hydroxyl groups is 2. The fourth-order valence-electron chi connectivity index (χ4n) is 1.93. The number of fused-ring (bicyclic) bond motifs is 1. The summed E-state index contributed by atoms with van der Waals surface area (Å²) in [6.07, 6.45) is -1.55. The van der Waals surface area contributed by atoms with Crippen molar-refractivity contribution < 1.29 is 19.7 Å². The Labute approximate surface area is 120 Å². The van der Waals surface area contributed by atoms with Gasteiger partial charge in [-0.05, 0) is 30.7 Å². The number of pyridine rings is 1. The molecule has 0 saturated heterocycles. The second kappa shape index (κ2) is 6.17. The van der Waals surface area contributed by atoms with Gasteiger partial charge in [-0.15, -0.1) is 0 Å². The van der Waals surface area contributed by atoms with Gasteiger partial charge in [-0.25, -0.2) is 4.79 Å². The molecule has 2 atom stereocenters. The van der Waals surface area contributed by atoms with Gasteiger partial charge in [0, 0.05) is 16.6 Å². The van der Waals surface area contributed by atoms with E-state index in [9.17, 15) is 15.0 Å². The summed E-state index contributed by atoms with van der Waals surface area (Å²) in [7, 11) is 0. The number of nitrogens with zero attached hydrogens (tertiary/aromatic N) is 1. The smallest absolute Gasteiger partial charge is 0.338 e. The molecular weight excluding hydrogens is 282 g/mol. The zero-order valence-corrected chi connectivity index (χ0v) is 11.5. The molecule has 0 saturated carbocycles. The van der Waals surface area contributed by atoms with Gasteiger partial charge in [0.15, 0.2) is 6.10 Å². The minimum atomic E-state index is -1.64. The van der Waals surface area contributed by atoms with Crippen molar-refractivity contribution in [2.45, 2.75) is 19.1 Å². The number of aromatic nitrogens is 1. The normalized spacial score (nSPS) is 14.0. The lowest BCUT2D eigenvalue weighted by atomic mass is 10.0. The molecule has 0 aliphatic carbocycles. The van der Waals surface area contributed by atoms with E-state index in [0.29, 0.717) is 21.5 Å². The first-order valence-electron chi connectivity index (χ1n) is 6.11. The molecule has 0 fully saturated rings. The Hall–Kier alpha value is -1.69. The Balaban J connectivity index is 2.39. The van der Waals surface area contributed by atoms with Crippen LogP contribution in [0.1, 0.15) is 18.6 Å². The number of carbonyl (C=O) groups is 1. The maximum atomic E-state index is 11.5. The van der Waals surface area contributed by atoms with Gasteiger partial charge in [-0.2, -0.15) is 0 Å². The van der Waals surface area contributed by atoms with Crippen LogP contribution in [0.25, 0.3) is 10.9 Å².